The first-order valence-corrected chi connectivity index (χ1v) is 9.12. The van der Waals surface area contributed by atoms with Crippen LogP contribution in [0, 0.1) is 0 Å². The topological polar surface area (TPSA) is 77.8 Å². The van der Waals surface area contributed by atoms with Crippen LogP contribution in [-0.4, -0.2) is 27.1 Å². The highest BCUT2D eigenvalue weighted by molar-refractivity contribution is 5.75. The number of hydrogen-bond donors (Lipinski definition) is 3. The summed E-state index contributed by atoms with van der Waals surface area (Å²) in [4.78, 5) is 10.5. The molecule has 0 spiro atoms. The summed E-state index contributed by atoms with van der Waals surface area (Å²) in [6.45, 7) is 2.14. The Balaban J connectivity index is 3.69. The second-order valence-corrected chi connectivity index (χ2v) is 5.78. The van der Waals surface area contributed by atoms with Gasteiger partial charge in [0.05, 0.1) is 0 Å². The van der Waals surface area contributed by atoms with Crippen LogP contribution in [0.15, 0.2) is 72.9 Å². The van der Waals surface area contributed by atoms with Crippen LogP contribution in [0.25, 0.3) is 0 Å². The van der Waals surface area contributed by atoms with Crippen LogP contribution >= 0.6 is 0 Å². The third-order valence-corrected chi connectivity index (χ3v) is 3.36. The molecule has 0 unspecified atom stereocenters. The molecule has 0 bridgehead atoms. The molecular weight excluding hydrogens is 328 g/mol. The summed E-state index contributed by atoms with van der Waals surface area (Å²) in [6, 6.07) is 0. The van der Waals surface area contributed by atoms with E-state index in [9.17, 15) is 4.79 Å². The molecule has 3 N–H and O–H groups in total. The number of rotatable bonds is 14. The first-order valence-electron chi connectivity index (χ1n) is 9.12. The number of allylic oxidation sites excluding steroid dienone is 11. The van der Waals surface area contributed by atoms with E-state index < -0.39 is 11.8 Å². The molecule has 0 aromatic rings. The van der Waals surface area contributed by atoms with Gasteiger partial charge in [-0.1, -0.05) is 79.8 Å². The standard InChI is InChI=1S/C22H32O4/c1-2-3-4-5-6-7-8-9-10-11-12-13-14-15-16-17-18-19-20-22(25,26)21(23)24/h3-4,7-12,15-16,18-19,25-26H,2,5-6,13-14,17,20H2,1H3,(H,23,24). The predicted molar refractivity (Wildman–Crippen MR) is 108 cm³/mol. The average Bonchev–Trinajstić information content (AvgIpc) is 2.60. The molecule has 0 aromatic carbocycles. The molecule has 0 radical (unpaired) electrons. The number of carboxylic acid groups (broad SMARTS) is 1. The lowest BCUT2D eigenvalue weighted by atomic mass is 10.1. The lowest BCUT2D eigenvalue weighted by molar-refractivity contribution is -0.201. The molecule has 0 aromatic heterocycles. The number of aliphatic carboxylic acids is 1. The summed E-state index contributed by atoms with van der Waals surface area (Å²) < 4.78 is 0. The van der Waals surface area contributed by atoms with Gasteiger partial charge in [-0.05, 0) is 38.5 Å². The molecule has 4 nitrogen and oxygen atoms in total. The van der Waals surface area contributed by atoms with Crippen LogP contribution in [-0.2, 0) is 4.79 Å². The molecular formula is C22H32O4. The van der Waals surface area contributed by atoms with E-state index in [0.717, 1.165) is 32.1 Å². The Morgan fingerprint density at radius 3 is 1.77 bits per heavy atom. The fraction of sp³-hybridized carbons (Fsp3) is 0.409. The molecule has 0 rings (SSSR count). The maximum absolute atomic E-state index is 10.5. The summed E-state index contributed by atoms with van der Waals surface area (Å²) in [5.74, 6) is -4.32. The molecule has 0 aliphatic carbocycles. The third kappa shape index (κ3) is 15.4. The van der Waals surface area contributed by atoms with Crippen LogP contribution in [0.2, 0.25) is 0 Å². The number of carboxylic acids is 1. The maximum Gasteiger partial charge on any atom is 0.364 e. The van der Waals surface area contributed by atoms with E-state index in [1.54, 1.807) is 6.08 Å². The van der Waals surface area contributed by atoms with Gasteiger partial charge in [0.15, 0.2) is 0 Å². The van der Waals surface area contributed by atoms with Crippen LogP contribution in [0.3, 0.4) is 0 Å². The molecule has 0 heterocycles. The van der Waals surface area contributed by atoms with E-state index in [4.69, 9.17) is 15.3 Å². The van der Waals surface area contributed by atoms with Gasteiger partial charge in [-0.15, -0.1) is 0 Å². The lowest BCUT2D eigenvalue weighted by Crippen LogP contribution is -2.37. The van der Waals surface area contributed by atoms with Gasteiger partial charge >= 0.3 is 5.97 Å². The van der Waals surface area contributed by atoms with Crippen molar-refractivity contribution in [2.24, 2.45) is 0 Å². The lowest BCUT2D eigenvalue weighted by Gasteiger charge is -2.12. The first-order chi connectivity index (χ1) is 12.5. The van der Waals surface area contributed by atoms with Gasteiger partial charge in [0.25, 0.3) is 5.79 Å². The Hall–Kier alpha value is -2.17. The SMILES string of the molecule is CCC=CCCC=CC=CC=CCCC=CCC=CCC(O)(O)C(=O)O. The number of aliphatic hydroxyl groups is 2. The van der Waals surface area contributed by atoms with Crippen LogP contribution in [0.5, 0.6) is 0 Å². The molecule has 0 aliphatic heterocycles. The van der Waals surface area contributed by atoms with Crippen LogP contribution in [0.1, 0.15) is 51.9 Å². The van der Waals surface area contributed by atoms with Crippen molar-refractivity contribution in [2.45, 2.75) is 57.7 Å². The van der Waals surface area contributed by atoms with E-state index in [0.29, 0.717) is 6.42 Å². The fourth-order valence-corrected chi connectivity index (χ4v) is 1.87. The summed E-state index contributed by atoms with van der Waals surface area (Å²) in [6.07, 6.45) is 29.4. The van der Waals surface area contributed by atoms with Crippen LogP contribution < -0.4 is 0 Å². The normalized spacial score (nSPS) is 13.7. The quantitative estimate of drug-likeness (QED) is 0.179. The Bertz CT molecular complexity index is 534. The fourth-order valence-electron chi connectivity index (χ4n) is 1.87. The van der Waals surface area contributed by atoms with Gasteiger partial charge in [0.2, 0.25) is 0 Å². The molecule has 0 fully saturated rings. The van der Waals surface area contributed by atoms with Crippen LogP contribution in [0.4, 0.5) is 0 Å². The summed E-state index contributed by atoms with van der Waals surface area (Å²) >= 11 is 0. The average molecular weight is 360 g/mol. The molecule has 0 aliphatic rings. The van der Waals surface area contributed by atoms with Crippen molar-refractivity contribution >= 4 is 5.97 Å². The zero-order valence-electron chi connectivity index (χ0n) is 15.6. The van der Waals surface area contributed by atoms with Gasteiger partial charge in [-0.25, -0.2) is 4.79 Å². The van der Waals surface area contributed by atoms with Gasteiger partial charge in [0, 0.05) is 6.42 Å². The second-order valence-electron chi connectivity index (χ2n) is 5.78. The number of carbonyl (C=O) groups is 1. The van der Waals surface area contributed by atoms with Crippen molar-refractivity contribution in [3.8, 4) is 0 Å². The molecule has 0 atom stereocenters. The third-order valence-electron chi connectivity index (χ3n) is 3.36. The molecule has 0 saturated heterocycles. The van der Waals surface area contributed by atoms with Gasteiger partial charge in [-0.2, -0.15) is 0 Å². The maximum atomic E-state index is 10.5. The Labute approximate surface area is 157 Å². The van der Waals surface area contributed by atoms with Gasteiger partial charge < -0.3 is 15.3 Å². The Morgan fingerprint density at radius 1 is 0.731 bits per heavy atom. The molecule has 0 amide bonds. The molecule has 144 valence electrons. The zero-order chi connectivity index (χ0) is 19.5. The van der Waals surface area contributed by atoms with E-state index in [1.807, 2.05) is 30.4 Å². The number of hydrogen-bond acceptors (Lipinski definition) is 3. The highest BCUT2D eigenvalue weighted by atomic mass is 16.5. The van der Waals surface area contributed by atoms with Gasteiger partial charge in [0.1, 0.15) is 0 Å². The second kappa shape index (κ2) is 16.3. The van der Waals surface area contributed by atoms with Crippen molar-refractivity contribution in [2.75, 3.05) is 0 Å². The van der Waals surface area contributed by atoms with E-state index in [2.05, 4.69) is 37.3 Å². The van der Waals surface area contributed by atoms with Crippen molar-refractivity contribution in [3.05, 3.63) is 72.9 Å². The van der Waals surface area contributed by atoms with Crippen molar-refractivity contribution in [1.29, 1.82) is 0 Å². The summed E-state index contributed by atoms with van der Waals surface area (Å²) in [5.41, 5.74) is 0. The Kier molecular flexibility index (Phi) is 14.9. The highest BCUT2D eigenvalue weighted by Gasteiger charge is 2.30. The molecule has 26 heavy (non-hydrogen) atoms. The first kappa shape index (κ1) is 23.8. The highest BCUT2D eigenvalue weighted by Crippen LogP contribution is 2.07. The van der Waals surface area contributed by atoms with Crippen molar-refractivity contribution in [3.63, 3.8) is 0 Å². The minimum atomic E-state index is -2.68. The monoisotopic (exact) mass is 360 g/mol. The minimum absolute atomic E-state index is 0.324. The van der Waals surface area contributed by atoms with E-state index in [1.165, 1.54) is 6.08 Å². The molecule has 0 saturated carbocycles. The largest absolute Gasteiger partial charge is 0.477 e. The zero-order valence-corrected chi connectivity index (χ0v) is 15.6. The minimum Gasteiger partial charge on any atom is -0.477 e. The summed E-state index contributed by atoms with van der Waals surface area (Å²) in [7, 11) is 0. The van der Waals surface area contributed by atoms with E-state index in [-0.39, 0.29) is 6.42 Å². The van der Waals surface area contributed by atoms with Crippen molar-refractivity contribution < 1.29 is 20.1 Å². The van der Waals surface area contributed by atoms with Gasteiger partial charge in [-0.3, -0.25) is 0 Å². The van der Waals surface area contributed by atoms with Crippen molar-refractivity contribution in [1.82, 2.24) is 0 Å². The molecule has 4 heteroatoms. The number of unbranched alkanes of at least 4 members (excludes halogenated alkanes) is 2. The Morgan fingerprint density at radius 2 is 1.23 bits per heavy atom. The summed E-state index contributed by atoms with van der Waals surface area (Å²) in [5, 5.41) is 26.7. The smallest absolute Gasteiger partial charge is 0.364 e. The predicted octanol–water partition coefficient (Wildman–Crippen LogP) is 4.84. The van der Waals surface area contributed by atoms with E-state index >= 15 is 0 Å².